The Labute approximate surface area is 168 Å². The van der Waals surface area contributed by atoms with Crippen molar-refractivity contribution in [3.8, 4) is 22.5 Å². The van der Waals surface area contributed by atoms with Crippen LogP contribution in [0.4, 0.5) is 0 Å². The van der Waals surface area contributed by atoms with Crippen LogP contribution in [0.3, 0.4) is 0 Å². The van der Waals surface area contributed by atoms with E-state index in [-0.39, 0.29) is 5.91 Å². The fourth-order valence-corrected chi connectivity index (χ4v) is 3.19. The number of rotatable bonds is 7. The van der Waals surface area contributed by atoms with Crippen molar-refractivity contribution in [2.45, 2.75) is 6.42 Å². The Morgan fingerprint density at radius 3 is 2.41 bits per heavy atom. The molecule has 146 valence electrons. The molecular formula is C23H21N3O3. The number of aromatic nitrogens is 2. The number of amides is 1. The molecule has 4 aromatic rings. The largest absolute Gasteiger partial charge is 0.385 e. The summed E-state index contributed by atoms with van der Waals surface area (Å²) >= 11 is 0. The monoisotopic (exact) mass is 387 g/mol. The summed E-state index contributed by atoms with van der Waals surface area (Å²) in [5.41, 5.74) is 3.87. The zero-order chi connectivity index (χ0) is 20.1. The van der Waals surface area contributed by atoms with Crippen molar-refractivity contribution in [1.82, 2.24) is 15.5 Å². The van der Waals surface area contributed by atoms with Gasteiger partial charge in [0.1, 0.15) is 5.69 Å². The third-order valence-electron chi connectivity index (χ3n) is 4.62. The van der Waals surface area contributed by atoms with E-state index in [1.54, 1.807) is 13.2 Å². The second-order valence-corrected chi connectivity index (χ2v) is 6.60. The third kappa shape index (κ3) is 4.02. The molecule has 6 nitrogen and oxygen atoms in total. The van der Waals surface area contributed by atoms with Crippen molar-refractivity contribution in [3.05, 3.63) is 72.3 Å². The molecule has 6 heteroatoms. The van der Waals surface area contributed by atoms with E-state index in [0.29, 0.717) is 41.2 Å². The first kappa shape index (κ1) is 18.8. The summed E-state index contributed by atoms with van der Waals surface area (Å²) < 4.78 is 10.6. The maximum Gasteiger partial charge on any atom is 0.259 e. The Morgan fingerprint density at radius 1 is 1.03 bits per heavy atom. The van der Waals surface area contributed by atoms with Crippen LogP contribution in [0, 0.1) is 0 Å². The number of nitrogens with zero attached hydrogens (tertiary/aromatic N) is 2. The Balaban J connectivity index is 1.82. The van der Waals surface area contributed by atoms with Gasteiger partial charge in [-0.05, 0) is 12.5 Å². The lowest BCUT2D eigenvalue weighted by Crippen LogP contribution is -2.25. The van der Waals surface area contributed by atoms with E-state index in [2.05, 4.69) is 15.5 Å². The SMILES string of the molecule is COCCCNC(=O)c1cc(-c2ccccc2)nc2onc(-c3ccccc3)c12. The van der Waals surface area contributed by atoms with Crippen molar-refractivity contribution in [3.63, 3.8) is 0 Å². The van der Waals surface area contributed by atoms with Crippen LogP contribution in [0.15, 0.2) is 71.3 Å². The second-order valence-electron chi connectivity index (χ2n) is 6.60. The van der Waals surface area contributed by atoms with Crippen LogP contribution in [0.2, 0.25) is 0 Å². The van der Waals surface area contributed by atoms with Gasteiger partial charge in [-0.2, -0.15) is 0 Å². The Kier molecular flexibility index (Phi) is 5.63. The number of pyridine rings is 1. The number of ether oxygens (including phenoxy) is 1. The van der Waals surface area contributed by atoms with E-state index in [1.165, 1.54) is 0 Å². The first-order chi connectivity index (χ1) is 14.3. The summed E-state index contributed by atoms with van der Waals surface area (Å²) in [4.78, 5) is 17.7. The molecule has 4 rings (SSSR count). The lowest BCUT2D eigenvalue weighted by atomic mass is 10.0. The Hall–Kier alpha value is -3.51. The number of methoxy groups -OCH3 is 1. The molecule has 0 unspecified atom stereocenters. The minimum Gasteiger partial charge on any atom is -0.385 e. The van der Waals surface area contributed by atoms with E-state index < -0.39 is 0 Å². The van der Waals surface area contributed by atoms with Gasteiger partial charge in [0.15, 0.2) is 0 Å². The maximum absolute atomic E-state index is 13.0. The summed E-state index contributed by atoms with van der Waals surface area (Å²) in [6.07, 6.45) is 0.733. The Morgan fingerprint density at radius 2 is 1.72 bits per heavy atom. The van der Waals surface area contributed by atoms with Crippen molar-refractivity contribution in [2.24, 2.45) is 0 Å². The van der Waals surface area contributed by atoms with Crippen molar-refractivity contribution in [1.29, 1.82) is 0 Å². The molecule has 0 aliphatic carbocycles. The lowest BCUT2D eigenvalue weighted by molar-refractivity contribution is 0.0950. The molecule has 0 bridgehead atoms. The summed E-state index contributed by atoms with van der Waals surface area (Å²) in [6.45, 7) is 1.10. The van der Waals surface area contributed by atoms with Crippen LogP contribution in [0.5, 0.6) is 0 Å². The maximum atomic E-state index is 13.0. The fourth-order valence-electron chi connectivity index (χ4n) is 3.19. The first-order valence-electron chi connectivity index (χ1n) is 9.46. The van der Waals surface area contributed by atoms with Crippen molar-refractivity contribution >= 4 is 17.0 Å². The van der Waals surface area contributed by atoms with E-state index in [0.717, 1.165) is 17.5 Å². The van der Waals surface area contributed by atoms with E-state index >= 15 is 0 Å². The van der Waals surface area contributed by atoms with Gasteiger partial charge in [-0.25, -0.2) is 4.98 Å². The summed E-state index contributed by atoms with van der Waals surface area (Å²) in [5.74, 6) is -0.189. The van der Waals surface area contributed by atoms with Gasteiger partial charge in [-0.1, -0.05) is 65.8 Å². The summed E-state index contributed by atoms with van der Waals surface area (Å²) in [6, 6.07) is 21.1. The molecule has 0 fully saturated rings. The molecule has 0 spiro atoms. The number of hydrogen-bond donors (Lipinski definition) is 1. The number of hydrogen-bond acceptors (Lipinski definition) is 5. The molecule has 2 aromatic carbocycles. The zero-order valence-electron chi connectivity index (χ0n) is 16.1. The highest BCUT2D eigenvalue weighted by Crippen LogP contribution is 2.32. The smallest absolute Gasteiger partial charge is 0.259 e. The number of benzene rings is 2. The van der Waals surface area contributed by atoms with E-state index in [9.17, 15) is 4.79 Å². The van der Waals surface area contributed by atoms with Crippen LogP contribution >= 0.6 is 0 Å². The number of carbonyl (C=O) groups excluding carboxylic acids is 1. The quantitative estimate of drug-likeness (QED) is 0.478. The molecule has 1 amide bonds. The standard InChI is InChI=1S/C23H21N3O3/c1-28-14-8-13-24-22(27)18-15-19(16-9-4-2-5-10-16)25-23-20(18)21(26-29-23)17-11-6-3-7-12-17/h2-7,9-12,15H,8,13-14H2,1H3,(H,24,27). The van der Waals surface area contributed by atoms with Gasteiger partial charge in [-0.3, -0.25) is 4.79 Å². The highest BCUT2D eigenvalue weighted by Gasteiger charge is 2.21. The van der Waals surface area contributed by atoms with Crippen molar-refractivity contribution < 1.29 is 14.1 Å². The average Bonchev–Trinajstić information content (AvgIpc) is 3.21. The van der Waals surface area contributed by atoms with Crippen LogP contribution in [0.1, 0.15) is 16.8 Å². The predicted octanol–water partition coefficient (Wildman–Crippen LogP) is 4.32. The minimum absolute atomic E-state index is 0.189. The van der Waals surface area contributed by atoms with Gasteiger partial charge >= 0.3 is 0 Å². The molecule has 0 radical (unpaired) electrons. The predicted molar refractivity (Wildman–Crippen MR) is 112 cm³/mol. The molecule has 1 N–H and O–H groups in total. The lowest BCUT2D eigenvalue weighted by Gasteiger charge is -2.09. The van der Waals surface area contributed by atoms with Crippen LogP contribution in [-0.4, -0.2) is 36.3 Å². The average molecular weight is 387 g/mol. The molecular weight excluding hydrogens is 366 g/mol. The summed E-state index contributed by atoms with van der Waals surface area (Å²) in [5, 5.41) is 7.78. The Bertz CT molecular complexity index is 1110. The number of fused-ring (bicyclic) bond motifs is 1. The van der Waals surface area contributed by atoms with Gasteiger partial charge in [-0.15, -0.1) is 0 Å². The van der Waals surface area contributed by atoms with Crippen LogP contribution in [-0.2, 0) is 4.74 Å². The molecule has 0 saturated heterocycles. The molecule has 0 saturated carbocycles. The normalized spacial score (nSPS) is 10.9. The molecule has 2 heterocycles. The van der Waals surface area contributed by atoms with Gasteiger partial charge < -0.3 is 14.6 Å². The molecule has 29 heavy (non-hydrogen) atoms. The highest BCUT2D eigenvalue weighted by atomic mass is 16.5. The summed E-state index contributed by atoms with van der Waals surface area (Å²) in [7, 11) is 1.64. The fraction of sp³-hybridized carbons (Fsp3) is 0.174. The van der Waals surface area contributed by atoms with Crippen LogP contribution < -0.4 is 5.32 Å². The van der Waals surface area contributed by atoms with Gasteiger partial charge in [0.25, 0.3) is 11.6 Å². The molecule has 0 aliphatic heterocycles. The van der Waals surface area contributed by atoms with Crippen LogP contribution in [0.25, 0.3) is 33.6 Å². The van der Waals surface area contributed by atoms with E-state index in [1.807, 2.05) is 60.7 Å². The van der Waals surface area contributed by atoms with E-state index in [4.69, 9.17) is 9.26 Å². The highest BCUT2D eigenvalue weighted by molar-refractivity contribution is 6.10. The minimum atomic E-state index is -0.189. The molecule has 0 aliphatic rings. The van der Waals surface area contributed by atoms with Gasteiger partial charge in [0.05, 0.1) is 16.6 Å². The number of carbonyl (C=O) groups is 1. The molecule has 0 atom stereocenters. The number of nitrogens with one attached hydrogen (secondary N) is 1. The third-order valence-corrected chi connectivity index (χ3v) is 4.62. The zero-order valence-corrected chi connectivity index (χ0v) is 16.1. The molecule has 2 aromatic heterocycles. The van der Waals surface area contributed by atoms with Gasteiger partial charge in [0.2, 0.25) is 0 Å². The first-order valence-corrected chi connectivity index (χ1v) is 9.46. The topological polar surface area (TPSA) is 77.2 Å². The van der Waals surface area contributed by atoms with Crippen molar-refractivity contribution in [2.75, 3.05) is 20.3 Å². The van der Waals surface area contributed by atoms with Gasteiger partial charge in [0, 0.05) is 31.4 Å². The second kappa shape index (κ2) is 8.67.